The fourth-order valence-electron chi connectivity index (χ4n) is 2.54. The van der Waals surface area contributed by atoms with Crippen molar-refractivity contribution in [2.24, 2.45) is 17.4 Å². The summed E-state index contributed by atoms with van der Waals surface area (Å²) in [5.74, 6) is -2.37. The summed E-state index contributed by atoms with van der Waals surface area (Å²) in [4.78, 5) is 34.8. The molecular formula is C15H17N3O3. The molecule has 1 unspecified atom stereocenters. The smallest absolute Gasteiger partial charge is 0.289 e. The van der Waals surface area contributed by atoms with Crippen LogP contribution in [-0.2, 0) is 9.59 Å². The zero-order chi connectivity index (χ0) is 15.7. The minimum Gasteiger partial charge on any atom is -0.368 e. The van der Waals surface area contributed by atoms with Gasteiger partial charge in [0.2, 0.25) is 5.91 Å². The maximum atomic E-state index is 11.9. The zero-order valence-corrected chi connectivity index (χ0v) is 11.9. The molecule has 110 valence electrons. The van der Waals surface area contributed by atoms with Crippen molar-refractivity contribution in [1.29, 1.82) is 0 Å². The zero-order valence-electron chi connectivity index (χ0n) is 11.9. The summed E-state index contributed by atoms with van der Waals surface area (Å²) in [5.41, 5.74) is 11.4. The lowest BCUT2D eigenvalue weighted by molar-refractivity contribution is -0.122. The van der Waals surface area contributed by atoms with Gasteiger partial charge < -0.3 is 16.0 Å². The third kappa shape index (κ3) is 2.52. The molecule has 2 aromatic rings. The van der Waals surface area contributed by atoms with Gasteiger partial charge in [-0.15, -0.1) is 0 Å². The van der Waals surface area contributed by atoms with E-state index in [1.165, 1.54) is 6.20 Å². The maximum absolute atomic E-state index is 11.9. The molecule has 6 nitrogen and oxygen atoms in total. The first-order valence-corrected chi connectivity index (χ1v) is 6.57. The number of rotatable bonds is 5. The number of hydrogen-bond acceptors (Lipinski definition) is 3. The molecule has 0 fully saturated rings. The Morgan fingerprint density at radius 2 is 1.71 bits per heavy atom. The number of Topliss-reactive ketones (excluding diaryl/α,β-unsaturated/α-hetero) is 1. The van der Waals surface area contributed by atoms with Gasteiger partial charge in [0, 0.05) is 17.1 Å². The van der Waals surface area contributed by atoms with Crippen molar-refractivity contribution >= 4 is 28.5 Å². The Hall–Kier alpha value is -2.63. The summed E-state index contributed by atoms with van der Waals surface area (Å²) < 4.78 is 1.64. The molecular weight excluding hydrogens is 270 g/mol. The highest BCUT2D eigenvalue weighted by atomic mass is 16.2. The van der Waals surface area contributed by atoms with Crippen molar-refractivity contribution in [2.45, 2.75) is 19.9 Å². The van der Waals surface area contributed by atoms with Gasteiger partial charge in [0.1, 0.15) is 6.04 Å². The van der Waals surface area contributed by atoms with Crippen LogP contribution in [0, 0.1) is 5.92 Å². The van der Waals surface area contributed by atoms with Crippen LogP contribution in [0.1, 0.15) is 30.2 Å². The maximum Gasteiger partial charge on any atom is 0.289 e. The Bertz CT molecular complexity index is 731. The van der Waals surface area contributed by atoms with E-state index in [0.29, 0.717) is 10.9 Å². The highest BCUT2D eigenvalue weighted by molar-refractivity contribution is 6.44. The SMILES string of the molecule is CC(C)C(C(N)=O)n1cc(C(=O)C(N)=O)c2ccccc21. The molecule has 0 radical (unpaired) electrons. The largest absolute Gasteiger partial charge is 0.368 e. The van der Waals surface area contributed by atoms with Crippen molar-refractivity contribution in [1.82, 2.24) is 4.57 Å². The van der Waals surface area contributed by atoms with E-state index in [9.17, 15) is 14.4 Å². The number of ketones is 1. The highest BCUT2D eigenvalue weighted by Crippen LogP contribution is 2.28. The first kappa shape index (κ1) is 14.8. The van der Waals surface area contributed by atoms with Crippen LogP contribution in [0.5, 0.6) is 0 Å². The molecule has 1 heterocycles. The summed E-state index contributed by atoms with van der Waals surface area (Å²) in [6.07, 6.45) is 1.48. The van der Waals surface area contributed by atoms with Crippen molar-refractivity contribution in [3.05, 3.63) is 36.0 Å². The number of hydrogen-bond donors (Lipinski definition) is 2. The molecule has 0 saturated heterocycles. The number of amides is 2. The van der Waals surface area contributed by atoms with E-state index >= 15 is 0 Å². The molecule has 1 aromatic heterocycles. The number of benzene rings is 1. The van der Waals surface area contributed by atoms with E-state index in [1.807, 2.05) is 13.8 Å². The molecule has 0 aliphatic carbocycles. The first-order chi connectivity index (χ1) is 9.84. The molecule has 6 heteroatoms. The molecule has 21 heavy (non-hydrogen) atoms. The quantitative estimate of drug-likeness (QED) is 0.632. The van der Waals surface area contributed by atoms with Gasteiger partial charge in [-0.3, -0.25) is 14.4 Å². The summed E-state index contributed by atoms with van der Waals surface area (Å²) in [7, 11) is 0. The lowest BCUT2D eigenvalue weighted by atomic mass is 10.0. The van der Waals surface area contributed by atoms with Gasteiger partial charge in [-0.2, -0.15) is 0 Å². The van der Waals surface area contributed by atoms with Gasteiger partial charge in [-0.25, -0.2) is 0 Å². The summed E-state index contributed by atoms with van der Waals surface area (Å²) in [6, 6.07) is 6.41. The van der Waals surface area contributed by atoms with Crippen LogP contribution in [0.3, 0.4) is 0 Å². The number of carbonyl (C=O) groups excluding carboxylic acids is 3. The molecule has 0 aliphatic rings. The fourth-order valence-corrected chi connectivity index (χ4v) is 2.54. The second-order valence-electron chi connectivity index (χ2n) is 5.25. The lowest BCUT2D eigenvalue weighted by Gasteiger charge is -2.20. The summed E-state index contributed by atoms with van der Waals surface area (Å²) in [5, 5.41) is 0.577. The van der Waals surface area contributed by atoms with E-state index in [0.717, 1.165) is 0 Å². The molecule has 1 atom stereocenters. The predicted molar refractivity (Wildman–Crippen MR) is 78.5 cm³/mol. The van der Waals surface area contributed by atoms with Crippen LogP contribution in [-0.4, -0.2) is 22.2 Å². The number of primary amides is 2. The monoisotopic (exact) mass is 287 g/mol. The summed E-state index contributed by atoms with van der Waals surface area (Å²) >= 11 is 0. The van der Waals surface area contributed by atoms with Crippen molar-refractivity contribution in [2.75, 3.05) is 0 Å². The molecule has 1 aromatic carbocycles. The normalized spacial score (nSPS) is 12.5. The minimum atomic E-state index is -1.03. The average Bonchev–Trinajstić information content (AvgIpc) is 2.77. The molecule has 2 rings (SSSR count). The fraction of sp³-hybridized carbons (Fsp3) is 0.267. The molecule has 0 aliphatic heterocycles. The van der Waals surface area contributed by atoms with Gasteiger partial charge in [-0.05, 0) is 12.0 Å². The van der Waals surface area contributed by atoms with E-state index in [2.05, 4.69) is 0 Å². The number of aromatic nitrogens is 1. The second kappa shape index (κ2) is 5.40. The Morgan fingerprint density at radius 3 is 2.24 bits per heavy atom. The third-order valence-electron chi connectivity index (χ3n) is 3.43. The van der Waals surface area contributed by atoms with Crippen LogP contribution < -0.4 is 11.5 Å². The summed E-state index contributed by atoms with van der Waals surface area (Å²) in [6.45, 7) is 3.72. The third-order valence-corrected chi connectivity index (χ3v) is 3.43. The van der Waals surface area contributed by atoms with Crippen LogP contribution in [0.25, 0.3) is 10.9 Å². The first-order valence-electron chi connectivity index (χ1n) is 6.57. The van der Waals surface area contributed by atoms with E-state index in [-0.39, 0.29) is 11.5 Å². The molecule has 0 bridgehead atoms. The topological polar surface area (TPSA) is 108 Å². The van der Waals surface area contributed by atoms with Gasteiger partial charge in [0.25, 0.3) is 11.7 Å². The number of nitrogens with two attached hydrogens (primary N) is 2. The van der Waals surface area contributed by atoms with E-state index < -0.39 is 23.6 Å². The van der Waals surface area contributed by atoms with Gasteiger partial charge in [0.05, 0.1) is 5.56 Å². The van der Waals surface area contributed by atoms with Crippen molar-refractivity contribution in [3.8, 4) is 0 Å². The predicted octanol–water partition coefficient (Wildman–Crippen LogP) is 0.992. The van der Waals surface area contributed by atoms with Gasteiger partial charge >= 0.3 is 0 Å². The Labute approximate surface area is 121 Å². The molecule has 2 amide bonds. The lowest BCUT2D eigenvalue weighted by Crippen LogP contribution is -2.30. The Morgan fingerprint density at radius 1 is 1.10 bits per heavy atom. The Kier molecular flexibility index (Phi) is 3.80. The number of fused-ring (bicyclic) bond motifs is 1. The number of nitrogens with zero attached hydrogens (tertiary/aromatic N) is 1. The van der Waals surface area contributed by atoms with Crippen molar-refractivity contribution in [3.63, 3.8) is 0 Å². The Balaban J connectivity index is 2.73. The average molecular weight is 287 g/mol. The van der Waals surface area contributed by atoms with Gasteiger partial charge in [-0.1, -0.05) is 32.0 Å². The van der Waals surface area contributed by atoms with Gasteiger partial charge in [0.15, 0.2) is 0 Å². The standard InChI is InChI=1S/C15H17N3O3/c1-8(2)12(14(16)20)18-7-10(13(19)15(17)21)9-5-3-4-6-11(9)18/h3-8,12H,1-2H3,(H2,16,20)(H2,17,21). The van der Waals surface area contributed by atoms with Crippen LogP contribution in [0.2, 0.25) is 0 Å². The second-order valence-corrected chi connectivity index (χ2v) is 5.25. The molecule has 4 N–H and O–H groups in total. The van der Waals surface area contributed by atoms with Crippen LogP contribution in [0.4, 0.5) is 0 Å². The molecule has 0 spiro atoms. The molecule has 0 saturated carbocycles. The van der Waals surface area contributed by atoms with Crippen molar-refractivity contribution < 1.29 is 14.4 Å². The van der Waals surface area contributed by atoms with E-state index in [1.54, 1.807) is 28.8 Å². The number of para-hydroxylation sites is 1. The highest BCUT2D eigenvalue weighted by Gasteiger charge is 2.26. The van der Waals surface area contributed by atoms with Crippen LogP contribution >= 0.6 is 0 Å². The van der Waals surface area contributed by atoms with E-state index in [4.69, 9.17) is 11.5 Å². The number of carbonyl (C=O) groups is 3. The minimum absolute atomic E-state index is 0.0603. The van der Waals surface area contributed by atoms with Crippen LogP contribution in [0.15, 0.2) is 30.5 Å².